The summed E-state index contributed by atoms with van der Waals surface area (Å²) < 4.78 is 6.09. The van der Waals surface area contributed by atoms with Crippen LogP contribution in [0.25, 0.3) is 22.0 Å². The summed E-state index contributed by atoms with van der Waals surface area (Å²) in [6.45, 7) is 0.503. The number of carbonyl (C=O) groups is 1. The second-order valence-electron chi connectivity index (χ2n) is 6.17. The second-order valence-corrected chi connectivity index (χ2v) is 6.17. The average Bonchev–Trinajstić information content (AvgIpc) is 3.11. The van der Waals surface area contributed by atoms with Crippen LogP contribution in [0.5, 0.6) is 5.88 Å². The lowest BCUT2D eigenvalue weighted by molar-refractivity contribution is -0.139. The van der Waals surface area contributed by atoms with Gasteiger partial charge in [0.15, 0.2) is 0 Å². The number of pyridine rings is 1. The normalized spacial score (nSPS) is 19.8. The molecule has 2 N–H and O–H groups in total. The summed E-state index contributed by atoms with van der Waals surface area (Å²) in [7, 11) is 0. The summed E-state index contributed by atoms with van der Waals surface area (Å²) >= 11 is 0. The molecule has 1 aliphatic rings. The minimum absolute atomic E-state index is 0.206. The van der Waals surface area contributed by atoms with E-state index in [9.17, 15) is 4.79 Å². The number of aromatic nitrogens is 1. The molecule has 2 atom stereocenters. The van der Waals surface area contributed by atoms with Crippen LogP contribution in [-0.2, 0) is 4.79 Å². The van der Waals surface area contributed by atoms with Crippen molar-refractivity contribution in [1.82, 2.24) is 10.3 Å². The zero-order valence-electron chi connectivity index (χ0n) is 13.6. The Morgan fingerprint density at radius 2 is 1.88 bits per heavy atom. The molecule has 25 heavy (non-hydrogen) atoms. The number of hydrogen-bond acceptors (Lipinski definition) is 4. The van der Waals surface area contributed by atoms with Crippen LogP contribution in [0.1, 0.15) is 6.42 Å². The fourth-order valence-electron chi connectivity index (χ4n) is 3.15. The summed E-state index contributed by atoms with van der Waals surface area (Å²) in [6, 6.07) is 19.4. The van der Waals surface area contributed by atoms with E-state index in [4.69, 9.17) is 14.8 Å². The maximum atomic E-state index is 11.1. The quantitative estimate of drug-likeness (QED) is 0.767. The number of nitrogens with one attached hydrogen (secondary N) is 1. The van der Waals surface area contributed by atoms with Gasteiger partial charge < -0.3 is 15.2 Å². The van der Waals surface area contributed by atoms with E-state index in [0.29, 0.717) is 18.8 Å². The minimum atomic E-state index is -0.845. The standard InChI is InChI=1S/C20H18N2O3/c23-20(24)18-11-15(12-21-18)25-19-16-9-5-4-8-14(16)10-17(22-19)13-6-2-1-3-7-13/h1-10,15,18,21H,11-12H2,(H,23,24)/t15-,18+/m1/s1. The summed E-state index contributed by atoms with van der Waals surface area (Å²) in [4.78, 5) is 15.8. The molecule has 0 saturated carbocycles. The highest BCUT2D eigenvalue weighted by molar-refractivity contribution is 5.90. The van der Waals surface area contributed by atoms with Gasteiger partial charge in [-0.3, -0.25) is 4.79 Å². The third-order valence-corrected chi connectivity index (χ3v) is 4.44. The smallest absolute Gasteiger partial charge is 0.320 e. The van der Waals surface area contributed by atoms with Crippen molar-refractivity contribution < 1.29 is 14.6 Å². The minimum Gasteiger partial charge on any atom is -0.480 e. The SMILES string of the molecule is O=C(O)[C@@H]1C[C@@H](Oc2nc(-c3ccccc3)cc3ccccc23)CN1. The highest BCUT2D eigenvalue weighted by Gasteiger charge is 2.31. The molecule has 1 aromatic heterocycles. The first-order chi connectivity index (χ1) is 12.2. The fraction of sp³-hybridized carbons (Fsp3) is 0.200. The maximum absolute atomic E-state index is 11.1. The maximum Gasteiger partial charge on any atom is 0.320 e. The van der Waals surface area contributed by atoms with E-state index < -0.39 is 12.0 Å². The van der Waals surface area contributed by atoms with Gasteiger partial charge in [-0.05, 0) is 17.5 Å². The first-order valence-electron chi connectivity index (χ1n) is 8.29. The third kappa shape index (κ3) is 3.19. The van der Waals surface area contributed by atoms with Crippen LogP contribution in [0.2, 0.25) is 0 Å². The molecule has 1 aliphatic heterocycles. The topological polar surface area (TPSA) is 71.5 Å². The molecule has 4 rings (SSSR count). The molecule has 0 radical (unpaired) electrons. The molecule has 3 aromatic rings. The Kier molecular flexibility index (Phi) is 4.07. The van der Waals surface area contributed by atoms with E-state index in [0.717, 1.165) is 22.0 Å². The van der Waals surface area contributed by atoms with Crippen molar-refractivity contribution >= 4 is 16.7 Å². The lowest BCUT2D eigenvalue weighted by Gasteiger charge is -2.15. The van der Waals surface area contributed by atoms with Gasteiger partial charge in [-0.1, -0.05) is 48.5 Å². The summed E-state index contributed by atoms with van der Waals surface area (Å²) in [5.74, 6) is -0.295. The van der Waals surface area contributed by atoms with Crippen LogP contribution in [0.4, 0.5) is 0 Å². The number of nitrogens with zero attached hydrogens (tertiary/aromatic N) is 1. The van der Waals surface area contributed by atoms with E-state index in [1.165, 1.54) is 0 Å². The van der Waals surface area contributed by atoms with Crippen molar-refractivity contribution in [2.24, 2.45) is 0 Å². The molecule has 0 spiro atoms. The Morgan fingerprint density at radius 3 is 2.64 bits per heavy atom. The number of rotatable bonds is 4. The summed E-state index contributed by atoms with van der Waals surface area (Å²) in [5, 5.41) is 14.1. The van der Waals surface area contributed by atoms with E-state index in [-0.39, 0.29) is 6.10 Å². The number of carboxylic acid groups (broad SMARTS) is 1. The molecule has 0 unspecified atom stereocenters. The molecular formula is C20H18N2O3. The molecule has 126 valence electrons. The van der Waals surface area contributed by atoms with Gasteiger partial charge in [0, 0.05) is 23.9 Å². The zero-order chi connectivity index (χ0) is 17.2. The largest absolute Gasteiger partial charge is 0.480 e. The predicted molar refractivity (Wildman–Crippen MR) is 95.6 cm³/mol. The monoisotopic (exact) mass is 334 g/mol. The summed E-state index contributed by atoms with van der Waals surface area (Å²) in [5.41, 5.74) is 1.86. The van der Waals surface area contributed by atoms with Crippen LogP contribution >= 0.6 is 0 Å². The molecular weight excluding hydrogens is 316 g/mol. The lowest BCUT2D eigenvalue weighted by Crippen LogP contribution is -2.30. The first-order valence-corrected chi connectivity index (χ1v) is 8.29. The number of hydrogen-bond donors (Lipinski definition) is 2. The Balaban J connectivity index is 1.71. The third-order valence-electron chi connectivity index (χ3n) is 4.44. The fourth-order valence-corrected chi connectivity index (χ4v) is 3.15. The molecule has 1 saturated heterocycles. The van der Waals surface area contributed by atoms with Crippen LogP contribution in [0, 0.1) is 0 Å². The number of benzene rings is 2. The predicted octanol–water partition coefficient (Wildman–Crippen LogP) is 3.10. The molecule has 5 nitrogen and oxygen atoms in total. The number of carboxylic acids is 1. The average molecular weight is 334 g/mol. The molecule has 5 heteroatoms. The Hall–Kier alpha value is -2.92. The van der Waals surface area contributed by atoms with Crippen LogP contribution in [-0.4, -0.2) is 34.8 Å². The Bertz CT molecular complexity index is 911. The number of fused-ring (bicyclic) bond motifs is 1. The van der Waals surface area contributed by atoms with Crippen molar-refractivity contribution in [3.8, 4) is 17.1 Å². The Morgan fingerprint density at radius 1 is 1.12 bits per heavy atom. The summed E-state index contributed by atoms with van der Waals surface area (Å²) in [6.07, 6.45) is 0.226. The van der Waals surface area contributed by atoms with Crippen molar-refractivity contribution in [2.75, 3.05) is 6.54 Å². The van der Waals surface area contributed by atoms with E-state index in [2.05, 4.69) is 5.32 Å². The van der Waals surface area contributed by atoms with Gasteiger partial charge in [0.2, 0.25) is 5.88 Å². The number of aliphatic carboxylic acids is 1. The Labute approximate surface area is 145 Å². The van der Waals surface area contributed by atoms with E-state index in [1.807, 2.05) is 60.7 Å². The number of ether oxygens (including phenoxy) is 1. The van der Waals surface area contributed by atoms with Gasteiger partial charge in [0.25, 0.3) is 0 Å². The highest BCUT2D eigenvalue weighted by atomic mass is 16.5. The van der Waals surface area contributed by atoms with Gasteiger partial charge in [-0.25, -0.2) is 4.98 Å². The van der Waals surface area contributed by atoms with Gasteiger partial charge in [0.1, 0.15) is 12.1 Å². The van der Waals surface area contributed by atoms with Crippen LogP contribution in [0.15, 0.2) is 60.7 Å². The van der Waals surface area contributed by atoms with Crippen molar-refractivity contribution in [3.63, 3.8) is 0 Å². The van der Waals surface area contributed by atoms with Gasteiger partial charge in [-0.15, -0.1) is 0 Å². The van der Waals surface area contributed by atoms with Crippen molar-refractivity contribution in [2.45, 2.75) is 18.6 Å². The molecule has 0 aliphatic carbocycles. The lowest BCUT2D eigenvalue weighted by atomic mass is 10.1. The molecule has 2 heterocycles. The van der Waals surface area contributed by atoms with Gasteiger partial charge in [0.05, 0.1) is 5.69 Å². The molecule has 0 amide bonds. The van der Waals surface area contributed by atoms with Crippen molar-refractivity contribution in [1.29, 1.82) is 0 Å². The highest BCUT2D eigenvalue weighted by Crippen LogP contribution is 2.30. The van der Waals surface area contributed by atoms with Gasteiger partial charge >= 0.3 is 5.97 Å². The molecule has 0 bridgehead atoms. The second kappa shape index (κ2) is 6.53. The van der Waals surface area contributed by atoms with Crippen molar-refractivity contribution in [3.05, 3.63) is 60.7 Å². The van der Waals surface area contributed by atoms with E-state index in [1.54, 1.807) is 0 Å². The first kappa shape index (κ1) is 15.6. The molecule has 1 fully saturated rings. The van der Waals surface area contributed by atoms with E-state index >= 15 is 0 Å². The van der Waals surface area contributed by atoms with Crippen LogP contribution in [0.3, 0.4) is 0 Å². The zero-order valence-corrected chi connectivity index (χ0v) is 13.6. The van der Waals surface area contributed by atoms with Gasteiger partial charge in [-0.2, -0.15) is 0 Å². The molecule has 2 aromatic carbocycles. The van der Waals surface area contributed by atoms with Crippen LogP contribution < -0.4 is 10.1 Å².